The molecule has 1 N–H and O–H groups in total. The number of hydrogen-bond donors (Lipinski definition) is 1. The molecule has 8 nitrogen and oxygen atoms in total. The van der Waals surface area contributed by atoms with Gasteiger partial charge in [0.15, 0.2) is 0 Å². The first-order valence-corrected chi connectivity index (χ1v) is 8.94. The van der Waals surface area contributed by atoms with Crippen molar-refractivity contribution in [1.29, 1.82) is 0 Å². The van der Waals surface area contributed by atoms with Gasteiger partial charge in [0.25, 0.3) is 5.91 Å². The minimum Gasteiger partial charge on any atom is -0.492 e. The third-order valence-corrected chi connectivity index (χ3v) is 4.35. The smallest absolute Gasteiger partial charge is 0.275 e. The summed E-state index contributed by atoms with van der Waals surface area (Å²) in [5.74, 6) is 1.05. The van der Waals surface area contributed by atoms with E-state index < -0.39 is 0 Å². The van der Waals surface area contributed by atoms with Crippen LogP contribution in [0.1, 0.15) is 24.3 Å². The SMILES string of the molecule is CCOc1ccccc1NC(=O)c1cnc(N2CCN(C(C)=O)CC2)cn1. The molecule has 1 saturated heterocycles. The number of carbonyl (C=O) groups is 2. The average molecular weight is 369 g/mol. The van der Waals surface area contributed by atoms with Crippen LogP contribution in [0.3, 0.4) is 0 Å². The first-order chi connectivity index (χ1) is 13.1. The molecule has 0 saturated carbocycles. The maximum atomic E-state index is 12.4. The molecule has 27 heavy (non-hydrogen) atoms. The zero-order chi connectivity index (χ0) is 19.2. The Morgan fingerprint density at radius 1 is 1.11 bits per heavy atom. The summed E-state index contributed by atoms with van der Waals surface area (Å²) in [5.41, 5.74) is 0.822. The van der Waals surface area contributed by atoms with Crippen molar-refractivity contribution in [2.75, 3.05) is 43.0 Å². The van der Waals surface area contributed by atoms with Crippen molar-refractivity contribution >= 4 is 23.3 Å². The van der Waals surface area contributed by atoms with E-state index in [1.165, 1.54) is 6.20 Å². The maximum Gasteiger partial charge on any atom is 0.275 e. The lowest BCUT2D eigenvalue weighted by Gasteiger charge is -2.34. The number of benzene rings is 1. The highest BCUT2D eigenvalue weighted by Crippen LogP contribution is 2.24. The summed E-state index contributed by atoms with van der Waals surface area (Å²) in [7, 11) is 0. The Balaban J connectivity index is 1.64. The summed E-state index contributed by atoms with van der Waals surface area (Å²) in [4.78, 5) is 36.3. The summed E-state index contributed by atoms with van der Waals surface area (Å²) >= 11 is 0. The molecule has 0 unspecified atom stereocenters. The molecule has 1 aromatic carbocycles. The molecule has 8 heteroatoms. The van der Waals surface area contributed by atoms with E-state index in [0.717, 1.165) is 0 Å². The molecule has 1 fully saturated rings. The van der Waals surface area contributed by atoms with Gasteiger partial charge in [-0.3, -0.25) is 9.59 Å². The summed E-state index contributed by atoms with van der Waals surface area (Å²) in [6.45, 7) is 6.69. The fourth-order valence-corrected chi connectivity index (χ4v) is 2.89. The number of rotatable bonds is 5. The van der Waals surface area contributed by atoms with Gasteiger partial charge >= 0.3 is 0 Å². The van der Waals surface area contributed by atoms with Crippen molar-refractivity contribution in [3.63, 3.8) is 0 Å². The standard InChI is InChI=1S/C19H23N5O3/c1-3-27-17-7-5-4-6-15(17)22-19(26)16-12-21-18(13-20-16)24-10-8-23(9-11-24)14(2)25/h4-7,12-13H,3,8-11H2,1-2H3,(H,22,26). The van der Waals surface area contributed by atoms with Crippen LogP contribution in [0.4, 0.5) is 11.5 Å². The molecule has 2 aromatic rings. The van der Waals surface area contributed by atoms with E-state index in [-0.39, 0.29) is 17.5 Å². The van der Waals surface area contributed by atoms with Gasteiger partial charge in [-0.05, 0) is 19.1 Å². The van der Waals surface area contributed by atoms with Crippen LogP contribution in [-0.2, 0) is 4.79 Å². The molecular weight excluding hydrogens is 346 g/mol. The molecule has 0 radical (unpaired) electrons. The molecule has 1 aliphatic rings. The van der Waals surface area contributed by atoms with Crippen molar-refractivity contribution in [2.24, 2.45) is 0 Å². The van der Waals surface area contributed by atoms with Crippen molar-refractivity contribution in [3.05, 3.63) is 42.4 Å². The topological polar surface area (TPSA) is 87.7 Å². The second-order valence-corrected chi connectivity index (χ2v) is 6.14. The molecule has 0 spiro atoms. The Labute approximate surface area is 158 Å². The summed E-state index contributed by atoms with van der Waals surface area (Å²) in [6, 6.07) is 7.25. The fraction of sp³-hybridized carbons (Fsp3) is 0.368. The predicted octanol–water partition coefficient (Wildman–Crippen LogP) is 1.80. The number of hydrogen-bond acceptors (Lipinski definition) is 6. The molecule has 1 aromatic heterocycles. The number of para-hydroxylation sites is 2. The first-order valence-electron chi connectivity index (χ1n) is 8.94. The number of nitrogens with zero attached hydrogens (tertiary/aromatic N) is 4. The van der Waals surface area contributed by atoms with Crippen LogP contribution >= 0.6 is 0 Å². The minimum atomic E-state index is -0.345. The zero-order valence-corrected chi connectivity index (χ0v) is 15.5. The maximum absolute atomic E-state index is 12.4. The Hall–Kier alpha value is -3.16. The molecule has 0 aliphatic carbocycles. The Kier molecular flexibility index (Phi) is 5.85. The molecule has 142 valence electrons. The van der Waals surface area contributed by atoms with Crippen molar-refractivity contribution in [2.45, 2.75) is 13.8 Å². The Morgan fingerprint density at radius 3 is 2.48 bits per heavy atom. The largest absolute Gasteiger partial charge is 0.492 e. The number of carbonyl (C=O) groups excluding carboxylic acids is 2. The lowest BCUT2D eigenvalue weighted by molar-refractivity contribution is -0.129. The van der Waals surface area contributed by atoms with Gasteiger partial charge in [-0.2, -0.15) is 0 Å². The quantitative estimate of drug-likeness (QED) is 0.865. The third kappa shape index (κ3) is 4.52. The first kappa shape index (κ1) is 18.6. The number of amides is 2. The van der Waals surface area contributed by atoms with E-state index in [4.69, 9.17) is 4.74 Å². The monoisotopic (exact) mass is 369 g/mol. The van der Waals surface area contributed by atoms with E-state index in [0.29, 0.717) is 50.0 Å². The van der Waals surface area contributed by atoms with E-state index in [1.807, 2.05) is 24.0 Å². The van der Waals surface area contributed by atoms with Crippen LogP contribution in [0.25, 0.3) is 0 Å². The van der Waals surface area contributed by atoms with Crippen molar-refractivity contribution in [1.82, 2.24) is 14.9 Å². The van der Waals surface area contributed by atoms with Gasteiger partial charge in [-0.25, -0.2) is 9.97 Å². The van der Waals surface area contributed by atoms with Crippen LogP contribution in [0, 0.1) is 0 Å². The van der Waals surface area contributed by atoms with Crippen molar-refractivity contribution < 1.29 is 14.3 Å². The zero-order valence-electron chi connectivity index (χ0n) is 15.5. The summed E-state index contributed by atoms with van der Waals surface area (Å²) < 4.78 is 5.51. The van der Waals surface area contributed by atoms with E-state index in [2.05, 4.69) is 20.2 Å². The van der Waals surface area contributed by atoms with Crippen LogP contribution in [0.15, 0.2) is 36.7 Å². The second kappa shape index (κ2) is 8.48. The Morgan fingerprint density at radius 2 is 1.85 bits per heavy atom. The number of anilines is 2. The molecule has 1 aliphatic heterocycles. The molecular formula is C19H23N5O3. The number of ether oxygens (including phenoxy) is 1. The van der Waals surface area contributed by atoms with Gasteiger partial charge in [-0.15, -0.1) is 0 Å². The average Bonchev–Trinajstić information content (AvgIpc) is 2.70. The minimum absolute atomic E-state index is 0.0834. The van der Waals surface area contributed by atoms with Gasteiger partial charge in [0.1, 0.15) is 17.3 Å². The molecule has 0 bridgehead atoms. The predicted molar refractivity (Wildman–Crippen MR) is 102 cm³/mol. The second-order valence-electron chi connectivity index (χ2n) is 6.14. The van der Waals surface area contributed by atoms with E-state index in [9.17, 15) is 9.59 Å². The Bertz CT molecular complexity index is 801. The van der Waals surface area contributed by atoms with Crippen LogP contribution in [0.2, 0.25) is 0 Å². The number of aromatic nitrogens is 2. The van der Waals surface area contributed by atoms with Gasteiger partial charge < -0.3 is 19.9 Å². The highest BCUT2D eigenvalue weighted by molar-refractivity contribution is 6.03. The lowest BCUT2D eigenvalue weighted by Crippen LogP contribution is -2.48. The lowest BCUT2D eigenvalue weighted by atomic mass is 10.2. The normalized spacial score (nSPS) is 14.0. The molecule has 0 atom stereocenters. The summed E-state index contributed by atoms with van der Waals surface area (Å²) in [5, 5.41) is 2.80. The number of piperazine rings is 1. The molecule has 2 heterocycles. The van der Waals surface area contributed by atoms with Crippen LogP contribution < -0.4 is 15.0 Å². The van der Waals surface area contributed by atoms with Gasteiger partial charge in [-0.1, -0.05) is 12.1 Å². The van der Waals surface area contributed by atoms with E-state index >= 15 is 0 Å². The van der Waals surface area contributed by atoms with Crippen molar-refractivity contribution in [3.8, 4) is 5.75 Å². The number of nitrogens with one attached hydrogen (secondary N) is 1. The van der Waals surface area contributed by atoms with Gasteiger partial charge in [0.05, 0.1) is 24.7 Å². The van der Waals surface area contributed by atoms with Gasteiger partial charge in [0.2, 0.25) is 5.91 Å². The summed E-state index contributed by atoms with van der Waals surface area (Å²) in [6.07, 6.45) is 3.05. The highest BCUT2D eigenvalue weighted by Gasteiger charge is 2.20. The highest BCUT2D eigenvalue weighted by atomic mass is 16.5. The van der Waals surface area contributed by atoms with Crippen LogP contribution in [0.5, 0.6) is 5.75 Å². The molecule has 3 rings (SSSR count). The van der Waals surface area contributed by atoms with Gasteiger partial charge in [0, 0.05) is 33.1 Å². The van der Waals surface area contributed by atoms with Crippen LogP contribution in [-0.4, -0.2) is 59.5 Å². The fourth-order valence-electron chi connectivity index (χ4n) is 2.89. The third-order valence-electron chi connectivity index (χ3n) is 4.35. The van der Waals surface area contributed by atoms with E-state index in [1.54, 1.807) is 25.3 Å². The molecule has 2 amide bonds.